The summed E-state index contributed by atoms with van der Waals surface area (Å²) < 4.78 is 27.1. The van der Waals surface area contributed by atoms with E-state index in [1.807, 2.05) is 0 Å². The third-order valence-electron chi connectivity index (χ3n) is 7.05. The van der Waals surface area contributed by atoms with Crippen molar-refractivity contribution in [1.29, 1.82) is 0 Å². The topological polar surface area (TPSA) is 85.2 Å². The Morgan fingerprint density at radius 1 is 0.714 bits per heavy atom. The second-order valence-corrected chi connectivity index (χ2v) is 10.9. The van der Waals surface area contributed by atoms with E-state index in [4.69, 9.17) is 26.7 Å². The van der Waals surface area contributed by atoms with Crippen molar-refractivity contribution in [3.05, 3.63) is 0 Å². The van der Waals surface area contributed by atoms with Crippen LogP contribution in [-0.2, 0) is 18.6 Å². The van der Waals surface area contributed by atoms with Crippen LogP contribution in [0.15, 0.2) is 0 Å². The molecule has 0 aromatic rings. The van der Waals surface area contributed by atoms with Crippen LogP contribution in [0.5, 0.6) is 0 Å². The molecule has 6 nitrogen and oxygen atoms in total. The molecule has 1 aliphatic rings. The van der Waals surface area contributed by atoms with Gasteiger partial charge in [0.2, 0.25) is 0 Å². The van der Waals surface area contributed by atoms with E-state index in [9.17, 15) is 9.67 Å². The van der Waals surface area contributed by atoms with Crippen molar-refractivity contribution in [3.63, 3.8) is 0 Å². The summed E-state index contributed by atoms with van der Waals surface area (Å²) in [6.07, 6.45) is 24.6. The van der Waals surface area contributed by atoms with Gasteiger partial charge in [0.15, 0.2) is 6.10 Å². The number of unbranched alkanes of at least 4 members (excludes halogenated alkanes) is 19. The lowest BCUT2D eigenvalue weighted by Crippen LogP contribution is -2.37. The monoisotopic (exact) mass is 515 g/mol. The van der Waals surface area contributed by atoms with Crippen LogP contribution in [0, 0.1) is 0 Å². The standard InChI is InChI=1S/C27H52BO6P/c1-2-3-4-5-6-7-8-9-10-11-12-13-14-15-16-17-18-19-20-21-22-32-26-25(34-35(30)31)24(23-29)33-27(26)28/h24-27,29H,2-23H2,1H3/p+1/t24-,25?,26+,27-/m1/s1. The van der Waals surface area contributed by atoms with Gasteiger partial charge in [0.25, 0.3) is 0 Å². The zero-order valence-electron chi connectivity index (χ0n) is 22.4. The normalized spacial score (nSPS) is 22.7. The predicted octanol–water partition coefficient (Wildman–Crippen LogP) is 7.11. The average Bonchev–Trinajstić information content (AvgIpc) is 3.13. The van der Waals surface area contributed by atoms with E-state index in [0.717, 1.165) is 12.8 Å². The molecule has 0 aliphatic carbocycles. The Hall–Kier alpha value is -0.0351. The van der Waals surface area contributed by atoms with Crippen molar-refractivity contribution >= 4 is 16.1 Å². The maximum absolute atomic E-state index is 11.0. The quantitative estimate of drug-likeness (QED) is 0.0766. The number of aliphatic hydroxyl groups is 1. The van der Waals surface area contributed by atoms with Crippen molar-refractivity contribution in [3.8, 4) is 0 Å². The van der Waals surface area contributed by atoms with E-state index < -0.39 is 32.6 Å². The lowest BCUT2D eigenvalue weighted by atomic mass is 9.93. The minimum absolute atomic E-state index is 0.333. The van der Waals surface area contributed by atoms with E-state index in [1.54, 1.807) is 0 Å². The molecule has 1 rings (SSSR count). The Bertz CT molecular complexity index is 498. The van der Waals surface area contributed by atoms with Gasteiger partial charge in [-0.2, -0.15) is 0 Å². The first kappa shape index (κ1) is 33.0. The van der Waals surface area contributed by atoms with E-state index >= 15 is 0 Å². The minimum atomic E-state index is -2.81. The van der Waals surface area contributed by atoms with Crippen LogP contribution in [-0.4, -0.2) is 55.4 Å². The molecule has 5 atom stereocenters. The first-order valence-electron chi connectivity index (χ1n) is 14.6. The van der Waals surface area contributed by atoms with E-state index in [1.165, 1.54) is 116 Å². The molecule has 1 fully saturated rings. The lowest BCUT2D eigenvalue weighted by Gasteiger charge is -2.18. The van der Waals surface area contributed by atoms with Gasteiger partial charge in [0.05, 0.1) is 6.61 Å². The molecule has 0 spiro atoms. The summed E-state index contributed by atoms with van der Waals surface area (Å²) in [6.45, 7) is 2.45. The molecular formula is C27H53BO6P+. The zero-order valence-corrected chi connectivity index (χ0v) is 23.3. The van der Waals surface area contributed by atoms with Gasteiger partial charge in [0.1, 0.15) is 20.1 Å². The molecule has 0 amide bonds. The highest BCUT2D eigenvalue weighted by Gasteiger charge is 2.48. The molecule has 0 saturated carbocycles. The van der Waals surface area contributed by atoms with Crippen LogP contribution < -0.4 is 0 Å². The lowest BCUT2D eigenvalue weighted by molar-refractivity contribution is -0.0176. The Labute approximate surface area is 217 Å². The minimum Gasteiger partial charge on any atom is -0.394 e. The molecule has 8 heteroatoms. The summed E-state index contributed by atoms with van der Waals surface area (Å²) in [7, 11) is 3.08. The van der Waals surface area contributed by atoms with Gasteiger partial charge in [-0.05, 0) is 6.42 Å². The van der Waals surface area contributed by atoms with Crippen LogP contribution >= 0.6 is 8.25 Å². The Balaban J connectivity index is 1.84. The number of aliphatic hydroxyl groups excluding tert-OH is 1. The van der Waals surface area contributed by atoms with Gasteiger partial charge in [-0.15, -0.1) is 9.42 Å². The van der Waals surface area contributed by atoms with Gasteiger partial charge in [0, 0.05) is 17.2 Å². The predicted molar refractivity (Wildman–Crippen MR) is 144 cm³/mol. The van der Waals surface area contributed by atoms with Gasteiger partial charge < -0.3 is 14.6 Å². The molecule has 204 valence electrons. The van der Waals surface area contributed by atoms with E-state index in [-0.39, 0.29) is 6.61 Å². The molecule has 0 aromatic heterocycles. The second kappa shape index (κ2) is 23.1. The summed E-state index contributed by atoms with van der Waals surface area (Å²) in [5.41, 5.74) is 0. The molecule has 1 aliphatic heterocycles. The first-order chi connectivity index (χ1) is 17.1. The fourth-order valence-corrected chi connectivity index (χ4v) is 5.36. The van der Waals surface area contributed by atoms with Crippen LogP contribution in [0.3, 0.4) is 0 Å². The maximum atomic E-state index is 11.0. The summed E-state index contributed by atoms with van der Waals surface area (Å²) in [5.74, 6) is 0. The fourth-order valence-electron chi connectivity index (χ4n) is 4.90. The highest BCUT2D eigenvalue weighted by Crippen LogP contribution is 2.31. The van der Waals surface area contributed by atoms with Crippen molar-refractivity contribution in [1.82, 2.24) is 0 Å². The SMILES string of the molecule is [B][C@@H]1O[C@H](CO)C(O[P+](=O)O)[C@@H]1OCCCCCCCCCCCCCCCCCCCCCC. The second-order valence-electron chi connectivity index (χ2n) is 10.2. The number of hydrogen-bond acceptors (Lipinski definition) is 5. The fraction of sp³-hybridized carbons (Fsp3) is 1.00. The van der Waals surface area contributed by atoms with E-state index in [2.05, 4.69) is 6.92 Å². The highest BCUT2D eigenvalue weighted by atomic mass is 31.1. The van der Waals surface area contributed by atoms with Gasteiger partial charge in [-0.1, -0.05) is 129 Å². The largest absolute Gasteiger partial charge is 0.695 e. The molecule has 0 aromatic carbocycles. The maximum Gasteiger partial charge on any atom is 0.695 e. The summed E-state index contributed by atoms with van der Waals surface area (Å²) >= 11 is 0. The molecule has 2 unspecified atom stereocenters. The molecule has 0 bridgehead atoms. The highest BCUT2D eigenvalue weighted by molar-refractivity contribution is 7.32. The van der Waals surface area contributed by atoms with Crippen molar-refractivity contribution in [2.24, 2.45) is 0 Å². The molecule has 1 heterocycles. The van der Waals surface area contributed by atoms with Crippen LogP contribution in [0.2, 0.25) is 0 Å². The Morgan fingerprint density at radius 3 is 1.49 bits per heavy atom. The third-order valence-corrected chi connectivity index (χ3v) is 7.47. The Kier molecular flexibility index (Phi) is 21.8. The van der Waals surface area contributed by atoms with Gasteiger partial charge >= 0.3 is 8.25 Å². The van der Waals surface area contributed by atoms with Crippen LogP contribution in [0.25, 0.3) is 0 Å². The van der Waals surface area contributed by atoms with Gasteiger partial charge in [-0.25, -0.2) is 0 Å². The average molecular weight is 516 g/mol. The Morgan fingerprint density at radius 2 is 1.11 bits per heavy atom. The smallest absolute Gasteiger partial charge is 0.394 e. The number of hydrogen-bond donors (Lipinski definition) is 2. The van der Waals surface area contributed by atoms with Crippen molar-refractivity contribution in [2.75, 3.05) is 13.2 Å². The molecule has 1 saturated heterocycles. The van der Waals surface area contributed by atoms with Crippen LogP contribution in [0.4, 0.5) is 0 Å². The summed E-state index contributed by atoms with van der Waals surface area (Å²) in [5, 5.41) is 9.34. The number of rotatable bonds is 25. The number of ether oxygens (including phenoxy) is 2. The first-order valence-corrected chi connectivity index (χ1v) is 15.7. The van der Waals surface area contributed by atoms with E-state index in [0.29, 0.717) is 6.61 Å². The van der Waals surface area contributed by atoms with Gasteiger partial charge in [-0.3, -0.25) is 0 Å². The molecule has 35 heavy (non-hydrogen) atoms. The zero-order chi connectivity index (χ0) is 25.6. The summed E-state index contributed by atoms with van der Waals surface area (Å²) in [4.78, 5) is 9.03. The van der Waals surface area contributed by atoms with Crippen LogP contribution in [0.1, 0.15) is 135 Å². The molecule has 2 N–H and O–H groups in total. The molecule has 2 radical (unpaired) electrons. The van der Waals surface area contributed by atoms with Crippen molar-refractivity contribution < 1.29 is 28.6 Å². The third kappa shape index (κ3) is 17.2. The summed E-state index contributed by atoms with van der Waals surface area (Å²) in [6, 6.07) is -0.766. The molecular weight excluding hydrogens is 462 g/mol. The van der Waals surface area contributed by atoms with Crippen molar-refractivity contribution in [2.45, 2.75) is 160 Å².